The minimum absolute atomic E-state index is 0.0877. The van der Waals surface area contributed by atoms with Crippen LogP contribution < -0.4 is 18.9 Å². The number of hydrogen-bond donors (Lipinski definition) is 1. The fourth-order valence-electron chi connectivity index (χ4n) is 2.79. The molecule has 9 heteroatoms. The molecule has 2 aromatic carbocycles. The van der Waals surface area contributed by atoms with Gasteiger partial charge < -0.3 is 14.2 Å². The zero-order valence-electron chi connectivity index (χ0n) is 16.7. The quantitative estimate of drug-likeness (QED) is 0.548. The number of ether oxygens (including phenoxy) is 3. The number of pyridine rings is 1. The van der Waals surface area contributed by atoms with Gasteiger partial charge in [-0.25, -0.2) is 8.42 Å². The lowest BCUT2D eigenvalue weighted by Gasteiger charge is -2.15. The number of benzene rings is 2. The van der Waals surface area contributed by atoms with Gasteiger partial charge in [0.15, 0.2) is 11.5 Å². The summed E-state index contributed by atoms with van der Waals surface area (Å²) < 4.78 is 44.6. The number of nitrogens with zero attached hydrogens (tertiary/aromatic N) is 1. The summed E-state index contributed by atoms with van der Waals surface area (Å²) in [5, 5.41) is 0.369. The van der Waals surface area contributed by atoms with Crippen LogP contribution in [0.4, 0.5) is 5.69 Å². The lowest BCUT2D eigenvalue weighted by Crippen LogP contribution is -2.15. The molecule has 158 valence electrons. The molecule has 0 atom stereocenters. The second-order valence-electron chi connectivity index (χ2n) is 6.32. The molecular formula is C21H21ClN2O5S. The Labute approximate surface area is 180 Å². The normalized spacial score (nSPS) is 11.1. The Balaban J connectivity index is 1.82. The molecule has 0 radical (unpaired) electrons. The standard InChI is InChI=1S/C21H21ClN2O5S/c1-14-16(22)5-4-6-21(14)30(25,26)24-17-12-23-10-9-18(17)29-13-15-7-8-19(27-2)20(11-15)28-3/h4-12,24H,13H2,1-3H3. The number of halogens is 1. The first-order valence-corrected chi connectivity index (χ1v) is 10.8. The van der Waals surface area contributed by atoms with E-state index in [9.17, 15) is 8.42 Å². The van der Waals surface area contributed by atoms with Crippen molar-refractivity contribution in [3.05, 3.63) is 71.0 Å². The molecule has 0 unspecified atom stereocenters. The van der Waals surface area contributed by atoms with E-state index in [2.05, 4.69) is 9.71 Å². The summed E-state index contributed by atoms with van der Waals surface area (Å²) >= 11 is 6.07. The predicted molar refractivity (Wildman–Crippen MR) is 115 cm³/mol. The van der Waals surface area contributed by atoms with E-state index in [-0.39, 0.29) is 17.2 Å². The van der Waals surface area contributed by atoms with Crippen molar-refractivity contribution in [3.63, 3.8) is 0 Å². The van der Waals surface area contributed by atoms with Crippen molar-refractivity contribution in [2.45, 2.75) is 18.4 Å². The Bertz CT molecular complexity index is 1150. The molecule has 0 spiro atoms. The number of sulfonamides is 1. The van der Waals surface area contributed by atoms with Crippen LogP contribution in [0.5, 0.6) is 17.2 Å². The second kappa shape index (κ2) is 9.23. The summed E-state index contributed by atoms with van der Waals surface area (Å²) in [6, 6.07) is 11.7. The number of nitrogens with one attached hydrogen (secondary N) is 1. The summed E-state index contributed by atoms with van der Waals surface area (Å²) in [5.74, 6) is 1.52. The van der Waals surface area contributed by atoms with Gasteiger partial charge in [-0.3, -0.25) is 9.71 Å². The highest BCUT2D eigenvalue weighted by Gasteiger charge is 2.20. The molecule has 3 rings (SSSR count). The third-order valence-electron chi connectivity index (χ3n) is 4.38. The molecule has 0 saturated heterocycles. The summed E-state index contributed by atoms with van der Waals surface area (Å²) in [7, 11) is -0.770. The van der Waals surface area contributed by atoms with Crippen LogP contribution in [0.3, 0.4) is 0 Å². The topological polar surface area (TPSA) is 86.8 Å². The molecule has 1 heterocycles. The summed E-state index contributed by atoms with van der Waals surface area (Å²) in [6.07, 6.45) is 2.91. The molecule has 0 aliphatic heterocycles. The van der Waals surface area contributed by atoms with Gasteiger partial charge in [0.05, 0.1) is 25.3 Å². The largest absolute Gasteiger partial charge is 0.493 e. The van der Waals surface area contributed by atoms with E-state index in [1.54, 1.807) is 51.5 Å². The zero-order chi connectivity index (χ0) is 21.7. The van der Waals surface area contributed by atoms with Gasteiger partial charge in [0.1, 0.15) is 18.0 Å². The second-order valence-corrected chi connectivity index (χ2v) is 8.38. The Morgan fingerprint density at radius 2 is 1.80 bits per heavy atom. The minimum atomic E-state index is -3.88. The first kappa shape index (κ1) is 21.7. The molecule has 0 saturated carbocycles. The molecule has 30 heavy (non-hydrogen) atoms. The maximum Gasteiger partial charge on any atom is 0.262 e. The highest BCUT2D eigenvalue weighted by Crippen LogP contribution is 2.31. The van der Waals surface area contributed by atoms with Crippen molar-refractivity contribution in [1.82, 2.24) is 4.98 Å². The number of aromatic nitrogens is 1. The van der Waals surface area contributed by atoms with E-state index in [1.807, 2.05) is 6.07 Å². The van der Waals surface area contributed by atoms with Gasteiger partial charge in [0.25, 0.3) is 10.0 Å². The number of anilines is 1. The smallest absolute Gasteiger partial charge is 0.262 e. The monoisotopic (exact) mass is 448 g/mol. The van der Waals surface area contributed by atoms with Gasteiger partial charge in [-0.15, -0.1) is 0 Å². The lowest BCUT2D eigenvalue weighted by molar-refractivity contribution is 0.305. The van der Waals surface area contributed by atoms with Crippen LogP contribution in [-0.4, -0.2) is 27.6 Å². The highest BCUT2D eigenvalue weighted by molar-refractivity contribution is 7.92. The Morgan fingerprint density at radius 1 is 1.03 bits per heavy atom. The Kier molecular flexibility index (Phi) is 6.69. The van der Waals surface area contributed by atoms with Crippen LogP contribution in [-0.2, 0) is 16.6 Å². The van der Waals surface area contributed by atoms with E-state index in [1.165, 1.54) is 18.5 Å². The zero-order valence-corrected chi connectivity index (χ0v) is 18.3. The summed E-state index contributed by atoms with van der Waals surface area (Å²) in [4.78, 5) is 4.09. The average Bonchev–Trinajstić information content (AvgIpc) is 2.74. The summed E-state index contributed by atoms with van der Waals surface area (Å²) in [6.45, 7) is 1.84. The van der Waals surface area contributed by atoms with Crippen LogP contribution in [0.25, 0.3) is 0 Å². The van der Waals surface area contributed by atoms with E-state index in [0.29, 0.717) is 27.8 Å². The Morgan fingerprint density at radius 3 is 2.53 bits per heavy atom. The first-order valence-electron chi connectivity index (χ1n) is 8.91. The molecule has 0 aliphatic rings. The highest BCUT2D eigenvalue weighted by atomic mass is 35.5. The fourth-order valence-corrected chi connectivity index (χ4v) is 4.35. The van der Waals surface area contributed by atoms with E-state index in [0.717, 1.165) is 5.56 Å². The molecule has 1 N–H and O–H groups in total. The Hall–Kier alpha value is -2.97. The first-order chi connectivity index (χ1) is 14.4. The van der Waals surface area contributed by atoms with Crippen LogP contribution in [0.15, 0.2) is 59.8 Å². The molecule has 1 aromatic heterocycles. The van der Waals surface area contributed by atoms with Crippen molar-refractivity contribution in [1.29, 1.82) is 0 Å². The van der Waals surface area contributed by atoms with Gasteiger partial charge in [-0.05, 0) is 42.3 Å². The van der Waals surface area contributed by atoms with E-state index < -0.39 is 10.0 Å². The van der Waals surface area contributed by atoms with Gasteiger partial charge in [0, 0.05) is 17.3 Å². The van der Waals surface area contributed by atoms with Gasteiger partial charge in [-0.1, -0.05) is 23.7 Å². The maximum absolute atomic E-state index is 12.9. The fraction of sp³-hybridized carbons (Fsp3) is 0.190. The van der Waals surface area contributed by atoms with Crippen molar-refractivity contribution < 1.29 is 22.6 Å². The molecule has 0 bridgehead atoms. The predicted octanol–water partition coefficient (Wildman–Crippen LogP) is 4.44. The van der Waals surface area contributed by atoms with Gasteiger partial charge in [-0.2, -0.15) is 0 Å². The van der Waals surface area contributed by atoms with Crippen molar-refractivity contribution >= 4 is 27.3 Å². The third-order valence-corrected chi connectivity index (χ3v) is 6.29. The minimum Gasteiger partial charge on any atom is -0.493 e. The van der Waals surface area contributed by atoms with E-state index >= 15 is 0 Å². The average molecular weight is 449 g/mol. The molecular weight excluding hydrogens is 428 g/mol. The summed E-state index contributed by atoms with van der Waals surface area (Å²) in [5.41, 5.74) is 1.50. The molecule has 0 aliphatic carbocycles. The van der Waals surface area contributed by atoms with Crippen LogP contribution in [0.2, 0.25) is 5.02 Å². The van der Waals surface area contributed by atoms with Crippen LogP contribution >= 0.6 is 11.6 Å². The number of rotatable bonds is 8. The third kappa shape index (κ3) is 4.77. The lowest BCUT2D eigenvalue weighted by atomic mass is 10.2. The van der Waals surface area contributed by atoms with Crippen molar-refractivity contribution in [2.75, 3.05) is 18.9 Å². The molecule has 3 aromatic rings. The van der Waals surface area contributed by atoms with E-state index in [4.69, 9.17) is 25.8 Å². The van der Waals surface area contributed by atoms with Crippen LogP contribution in [0, 0.1) is 6.92 Å². The maximum atomic E-state index is 12.9. The number of methoxy groups -OCH3 is 2. The van der Waals surface area contributed by atoms with Crippen molar-refractivity contribution in [2.24, 2.45) is 0 Å². The molecule has 0 amide bonds. The van der Waals surface area contributed by atoms with Gasteiger partial charge in [0.2, 0.25) is 0 Å². The SMILES string of the molecule is COc1ccc(COc2ccncc2NS(=O)(=O)c2cccc(Cl)c2C)cc1OC. The molecule has 0 fully saturated rings. The number of hydrogen-bond acceptors (Lipinski definition) is 6. The molecule has 7 nitrogen and oxygen atoms in total. The van der Waals surface area contributed by atoms with Crippen molar-refractivity contribution in [3.8, 4) is 17.2 Å². The van der Waals surface area contributed by atoms with Gasteiger partial charge >= 0.3 is 0 Å². The van der Waals surface area contributed by atoms with Crippen LogP contribution in [0.1, 0.15) is 11.1 Å².